The zero-order chi connectivity index (χ0) is 16.9. The van der Waals surface area contributed by atoms with Crippen LogP contribution in [0.25, 0.3) is 11.2 Å². The molecule has 0 unspecified atom stereocenters. The van der Waals surface area contributed by atoms with Crippen molar-refractivity contribution < 1.29 is 33.2 Å². The number of ether oxygens (including phenoxy) is 1. The molecule has 2 aromatic rings. The van der Waals surface area contributed by atoms with Crippen LogP contribution < -0.4 is 5.56 Å². The van der Waals surface area contributed by atoms with E-state index in [9.17, 15) is 28.2 Å². The first kappa shape index (κ1) is 15.9. The van der Waals surface area contributed by atoms with E-state index in [1.54, 1.807) is 0 Å². The third-order valence-corrected chi connectivity index (χ3v) is 3.51. The summed E-state index contributed by atoms with van der Waals surface area (Å²) in [5, 5.41) is 28.7. The van der Waals surface area contributed by atoms with E-state index in [-0.39, 0.29) is 0 Å². The van der Waals surface area contributed by atoms with Gasteiger partial charge in [-0.3, -0.25) is 9.36 Å². The van der Waals surface area contributed by atoms with E-state index < -0.39 is 59.9 Å². The largest absolute Gasteiger partial charge is 0.449 e. The molecule has 0 bridgehead atoms. The van der Waals surface area contributed by atoms with Crippen molar-refractivity contribution in [3.63, 3.8) is 0 Å². The molecule has 126 valence electrons. The molecule has 0 saturated carbocycles. The van der Waals surface area contributed by atoms with Crippen molar-refractivity contribution in [1.29, 1.82) is 0 Å². The summed E-state index contributed by atoms with van der Waals surface area (Å²) in [5.41, 5.74) is -1.94. The van der Waals surface area contributed by atoms with Gasteiger partial charge in [0.05, 0.1) is 12.9 Å². The van der Waals surface area contributed by atoms with E-state index in [2.05, 4.69) is 15.0 Å². The highest BCUT2D eigenvalue weighted by Gasteiger charge is 2.48. The van der Waals surface area contributed by atoms with Crippen molar-refractivity contribution in [1.82, 2.24) is 19.5 Å². The summed E-state index contributed by atoms with van der Waals surface area (Å²) in [7, 11) is 0. The van der Waals surface area contributed by atoms with Gasteiger partial charge < -0.3 is 25.0 Å². The Morgan fingerprint density at radius 3 is 2.61 bits per heavy atom. The van der Waals surface area contributed by atoms with E-state index in [1.807, 2.05) is 0 Å². The van der Waals surface area contributed by atoms with Crippen LogP contribution >= 0.6 is 0 Å². The maximum Gasteiger partial charge on any atom is 0.449 e. The van der Waals surface area contributed by atoms with Crippen molar-refractivity contribution in [3.05, 3.63) is 22.5 Å². The normalized spacial score (nSPS) is 28.6. The number of rotatable bonds is 2. The Morgan fingerprint density at radius 2 is 2.04 bits per heavy atom. The second-order valence-electron chi connectivity index (χ2n) is 4.94. The first-order chi connectivity index (χ1) is 10.8. The summed E-state index contributed by atoms with van der Waals surface area (Å²) in [6.45, 7) is -0.712. The van der Waals surface area contributed by atoms with Crippen LogP contribution in [0.3, 0.4) is 0 Å². The Kier molecular flexibility index (Phi) is 3.63. The van der Waals surface area contributed by atoms with Crippen molar-refractivity contribution >= 4 is 11.2 Å². The number of aliphatic hydroxyl groups is 3. The number of aromatic nitrogens is 4. The summed E-state index contributed by atoms with van der Waals surface area (Å²) in [6, 6.07) is 0. The number of nitrogens with zero attached hydrogens (tertiary/aromatic N) is 3. The highest BCUT2D eigenvalue weighted by atomic mass is 19.4. The molecule has 3 heterocycles. The lowest BCUT2D eigenvalue weighted by molar-refractivity contribution is -0.154. The first-order valence-electron chi connectivity index (χ1n) is 6.41. The molecule has 0 spiro atoms. The van der Waals surface area contributed by atoms with Crippen LogP contribution in [0.15, 0.2) is 11.1 Å². The molecular formula is C11H11F3N4O5. The van der Waals surface area contributed by atoms with E-state index >= 15 is 0 Å². The average Bonchev–Trinajstić information content (AvgIpc) is 2.99. The number of H-pyrrole nitrogens is 1. The topological polar surface area (TPSA) is 133 Å². The Labute approximate surface area is 125 Å². The van der Waals surface area contributed by atoms with Crippen LogP contribution in [0.4, 0.5) is 13.2 Å². The number of imidazole rings is 1. The summed E-state index contributed by atoms with van der Waals surface area (Å²) in [4.78, 5) is 20.6. The van der Waals surface area contributed by atoms with E-state index in [0.717, 1.165) is 6.33 Å². The zero-order valence-electron chi connectivity index (χ0n) is 11.2. The molecule has 2 aromatic heterocycles. The molecule has 12 heteroatoms. The van der Waals surface area contributed by atoms with Gasteiger partial charge in [-0.2, -0.15) is 13.2 Å². The fourth-order valence-corrected chi connectivity index (χ4v) is 2.45. The number of aromatic amines is 1. The quantitative estimate of drug-likeness (QED) is 0.538. The van der Waals surface area contributed by atoms with Gasteiger partial charge in [-0.25, -0.2) is 9.97 Å². The zero-order valence-corrected chi connectivity index (χ0v) is 11.2. The molecule has 0 aliphatic carbocycles. The number of hydrogen-bond acceptors (Lipinski definition) is 7. The van der Waals surface area contributed by atoms with Gasteiger partial charge in [-0.1, -0.05) is 0 Å². The predicted molar refractivity (Wildman–Crippen MR) is 66.2 cm³/mol. The lowest BCUT2D eigenvalue weighted by Gasteiger charge is -2.20. The van der Waals surface area contributed by atoms with Crippen molar-refractivity contribution in [2.45, 2.75) is 30.7 Å². The SMILES string of the molecule is O=c1[nH]cnc2c1nc(C(F)(F)F)n2[C@@H]1O[C@H](CO)[C@@H](O)[C@H]1O. The van der Waals surface area contributed by atoms with Gasteiger partial charge in [0.25, 0.3) is 5.56 Å². The number of fused-ring (bicyclic) bond motifs is 1. The molecule has 4 N–H and O–H groups in total. The van der Waals surface area contributed by atoms with Gasteiger partial charge in [0.2, 0.25) is 5.82 Å². The number of hydrogen-bond donors (Lipinski definition) is 4. The molecular weight excluding hydrogens is 325 g/mol. The van der Waals surface area contributed by atoms with Gasteiger partial charge in [-0.05, 0) is 0 Å². The average molecular weight is 336 g/mol. The van der Waals surface area contributed by atoms with Gasteiger partial charge in [0.1, 0.15) is 18.3 Å². The molecule has 4 atom stereocenters. The maximum atomic E-state index is 13.2. The van der Waals surface area contributed by atoms with Crippen molar-refractivity contribution in [2.75, 3.05) is 6.61 Å². The third-order valence-electron chi connectivity index (χ3n) is 3.51. The van der Waals surface area contributed by atoms with Crippen molar-refractivity contribution in [2.24, 2.45) is 0 Å². The number of halogens is 3. The first-order valence-corrected chi connectivity index (χ1v) is 6.41. The van der Waals surface area contributed by atoms with Crippen LogP contribution in [0.1, 0.15) is 12.1 Å². The van der Waals surface area contributed by atoms with Gasteiger partial charge in [-0.15, -0.1) is 0 Å². The lowest BCUT2D eigenvalue weighted by atomic mass is 10.1. The number of nitrogens with one attached hydrogen (secondary N) is 1. The Bertz CT molecular complexity index is 788. The molecule has 23 heavy (non-hydrogen) atoms. The van der Waals surface area contributed by atoms with Crippen LogP contribution in [0.2, 0.25) is 0 Å². The summed E-state index contributed by atoms with van der Waals surface area (Å²) in [5.74, 6) is -1.51. The molecule has 1 aliphatic heterocycles. The summed E-state index contributed by atoms with van der Waals surface area (Å²) < 4.78 is 45.1. The van der Waals surface area contributed by atoms with E-state index in [1.165, 1.54) is 0 Å². The second-order valence-corrected chi connectivity index (χ2v) is 4.94. The second kappa shape index (κ2) is 5.26. The van der Waals surface area contributed by atoms with E-state index in [4.69, 9.17) is 9.84 Å². The highest BCUT2D eigenvalue weighted by Crippen LogP contribution is 2.37. The number of aliphatic hydroxyl groups excluding tert-OH is 3. The van der Waals surface area contributed by atoms with Crippen LogP contribution in [-0.2, 0) is 10.9 Å². The number of alkyl halides is 3. The summed E-state index contributed by atoms with van der Waals surface area (Å²) >= 11 is 0. The maximum absolute atomic E-state index is 13.2. The molecule has 1 fully saturated rings. The fraction of sp³-hybridized carbons (Fsp3) is 0.545. The standard InChI is InChI=1S/C11H11F3N4O5/c12-11(13,14)10-17-4-7(15-2-16-8(4)22)18(10)9-6(21)5(20)3(1-19)23-9/h2-3,5-6,9,19-21H,1H2,(H,15,16,22)/t3-,5-,6-,9-/m1/s1. The minimum absolute atomic E-state index is 0.397. The van der Waals surface area contributed by atoms with Crippen molar-refractivity contribution in [3.8, 4) is 0 Å². The predicted octanol–water partition coefficient (Wildman–Crippen LogP) is -1.25. The fourth-order valence-electron chi connectivity index (χ4n) is 2.45. The molecule has 0 amide bonds. The van der Waals surface area contributed by atoms with Crippen LogP contribution in [0, 0.1) is 0 Å². The lowest BCUT2D eigenvalue weighted by Crippen LogP contribution is -2.33. The Morgan fingerprint density at radius 1 is 1.35 bits per heavy atom. The van der Waals surface area contributed by atoms with Gasteiger partial charge >= 0.3 is 6.18 Å². The summed E-state index contributed by atoms with van der Waals surface area (Å²) in [6.07, 6.45) is -10.5. The minimum Gasteiger partial charge on any atom is -0.394 e. The van der Waals surface area contributed by atoms with E-state index in [0.29, 0.717) is 4.57 Å². The van der Waals surface area contributed by atoms with Crippen LogP contribution in [0.5, 0.6) is 0 Å². The molecule has 1 saturated heterocycles. The Balaban J connectivity index is 2.24. The highest BCUT2D eigenvalue weighted by molar-refractivity contribution is 5.70. The Hall–Kier alpha value is -2.02. The smallest absolute Gasteiger partial charge is 0.394 e. The monoisotopic (exact) mass is 336 g/mol. The molecule has 0 aromatic carbocycles. The molecule has 3 rings (SSSR count). The third kappa shape index (κ3) is 2.39. The molecule has 9 nitrogen and oxygen atoms in total. The molecule has 1 aliphatic rings. The van der Waals surface area contributed by atoms with Gasteiger partial charge in [0, 0.05) is 0 Å². The minimum atomic E-state index is -4.96. The van der Waals surface area contributed by atoms with Crippen LogP contribution in [-0.4, -0.2) is 59.8 Å². The van der Waals surface area contributed by atoms with Gasteiger partial charge in [0.15, 0.2) is 17.4 Å². The molecule has 0 radical (unpaired) electrons.